The van der Waals surface area contributed by atoms with E-state index < -0.39 is 0 Å². The highest BCUT2D eigenvalue weighted by Crippen LogP contribution is 2.27. The van der Waals surface area contributed by atoms with Crippen molar-refractivity contribution in [2.24, 2.45) is 11.8 Å². The van der Waals surface area contributed by atoms with E-state index in [1.807, 2.05) is 0 Å². The van der Waals surface area contributed by atoms with Crippen molar-refractivity contribution in [1.82, 2.24) is 15.5 Å². The first kappa shape index (κ1) is 12.8. The molecule has 2 fully saturated rings. The molecule has 1 amide bonds. The molecule has 2 saturated heterocycles. The predicted octanol–water partition coefficient (Wildman–Crippen LogP) is 0.441. The fourth-order valence-electron chi connectivity index (χ4n) is 3.03. The highest BCUT2D eigenvalue weighted by atomic mass is 16.2. The zero-order valence-corrected chi connectivity index (χ0v) is 11.2. The molecule has 0 spiro atoms. The van der Waals surface area contributed by atoms with Crippen molar-refractivity contribution < 1.29 is 4.79 Å². The number of amides is 1. The molecule has 2 heterocycles. The highest BCUT2D eigenvalue weighted by molar-refractivity contribution is 5.82. The Kier molecular flexibility index (Phi) is 4.05. The van der Waals surface area contributed by atoms with Crippen LogP contribution in [-0.2, 0) is 4.79 Å². The van der Waals surface area contributed by atoms with E-state index in [2.05, 4.69) is 36.3 Å². The van der Waals surface area contributed by atoms with Crippen LogP contribution in [0.4, 0.5) is 0 Å². The summed E-state index contributed by atoms with van der Waals surface area (Å²) in [5.41, 5.74) is 0. The highest BCUT2D eigenvalue weighted by Gasteiger charge is 2.35. The van der Waals surface area contributed by atoms with Crippen LogP contribution in [0.1, 0.15) is 27.2 Å². The second-order valence-corrected chi connectivity index (χ2v) is 5.76. The molecule has 4 heteroatoms. The molecule has 17 heavy (non-hydrogen) atoms. The van der Waals surface area contributed by atoms with Crippen molar-refractivity contribution >= 4 is 5.91 Å². The monoisotopic (exact) mass is 239 g/mol. The van der Waals surface area contributed by atoms with Crippen LogP contribution >= 0.6 is 0 Å². The summed E-state index contributed by atoms with van der Waals surface area (Å²) in [7, 11) is 0. The number of rotatable bonds is 1. The van der Waals surface area contributed by atoms with E-state index in [1.165, 1.54) is 6.42 Å². The van der Waals surface area contributed by atoms with Gasteiger partial charge in [0.2, 0.25) is 5.91 Å². The van der Waals surface area contributed by atoms with Gasteiger partial charge in [0.15, 0.2) is 0 Å². The van der Waals surface area contributed by atoms with E-state index in [4.69, 9.17) is 0 Å². The van der Waals surface area contributed by atoms with Crippen molar-refractivity contribution in [3.8, 4) is 0 Å². The second kappa shape index (κ2) is 5.36. The molecule has 2 aliphatic rings. The Bertz CT molecular complexity index is 276. The lowest BCUT2D eigenvalue weighted by atomic mass is 9.85. The van der Waals surface area contributed by atoms with Crippen molar-refractivity contribution in [1.29, 1.82) is 0 Å². The van der Waals surface area contributed by atoms with Gasteiger partial charge in [-0.15, -0.1) is 0 Å². The van der Waals surface area contributed by atoms with Crippen LogP contribution in [0.2, 0.25) is 0 Å². The number of hydrogen-bond acceptors (Lipinski definition) is 3. The van der Waals surface area contributed by atoms with Gasteiger partial charge in [-0.1, -0.05) is 13.8 Å². The van der Waals surface area contributed by atoms with E-state index in [-0.39, 0.29) is 11.9 Å². The van der Waals surface area contributed by atoms with E-state index in [0.29, 0.717) is 17.9 Å². The quantitative estimate of drug-likeness (QED) is 0.698. The van der Waals surface area contributed by atoms with E-state index in [9.17, 15) is 4.79 Å². The minimum atomic E-state index is -0.0244. The van der Waals surface area contributed by atoms with Gasteiger partial charge >= 0.3 is 0 Å². The topological polar surface area (TPSA) is 44.4 Å². The number of likely N-dealkylation sites (tertiary alicyclic amines) is 1. The number of piperidine rings is 1. The first-order chi connectivity index (χ1) is 8.09. The van der Waals surface area contributed by atoms with E-state index >= 15 is 0 Å². The smallest absolute Gasteiger partial charge is 0.241 e. The Morgan fingerprint density at radius 3 is 2.65 bits per heavy atom. The van der Waals surface area contributed by atoms with Crippen molar-refractivity contribution in [2.45, 2.75) is 39.3 Å². The normalized spacial score (nSPS) is 39.1. The molecule has 98 valence electrons. The summed E-state index contributed by atoms with van der Waals surface area (Å²) in [5.74, 6) is 1.52. The SMILES string of the molecule is CC1CC(C)C(C)N(C(=O)C2CNCCN2)C1. The predicted molar refractivity (Wildman–Crippen MR) is 68.8 cm³/mol. The molecule has 0 aliphatic carbocycles. The molecule has 4 atom stereocenters. The van der Waals surface area contributed by atoms with Crippen LogP contribution < -0.4 is 10.6 Å². The van der Waals surface area contributed by atoms with Gasteiger partial charge in [0.05, 0.1) is 6.04 Å². The maximum Gasteiger partial charge on any atom is 0.241 e. The lowest BCUT2D eigenvalue weighted by molar-refractivity contribution is -0.139. The summed E-state index contributed by atoms with van der Waals surface area (Å²) in [6.45, 7) is 10.2. The molecule has 2 rings (SSSR count). The summed E-state index contributed by atoms with van der Waals surface area (Å²) >= 11 is 0. The average Bonchev–Trinajstić information content (AvgIpc) is 2.34. The van der Waals surface area contributed by atoms with Crippen LogP contribution in [0, 0.1) is 11.8 Å². The van der Waals surface area contributed by atoms with Crippen LogP contribution in [-0.4, -0.2) is 49.1 Å². The van der Waals surface area contributed by atoms with Gasteiger partial charge in [-0.25, -0.2) is 0 Å². The second-order valence-electron chi connectivity index (χ2n) is 5.76. The molecular formula is C13H25N3O. The maximum absolute atomic E-state index is 12.5. The molecule has 0 radical (unpaired) electrons. The number of nitrogens with zero attached hydrogens (tertiary/aromatic N) is 1. The Morgan fingerprint density at radius 2 is 2.00 bits per heavy atom. The maximum atomic E-state index is 12.5. The summed E-state index contributed by atoms with van der Waals surface area (Å²) < 4.78 is 0. The van der Waals surface area contributed by atoms with Crippen molar-refractivity contribution in [2.75, 3.05) is 26.2 Å². The van der Waals surface area contributed by atoms with Gasteiger partial charge in [-0.2, -0.15) is 0 Å². The lowest BCUT2D eigenvalue weighted by Gasteiger charge is -2.43. The first-order valence-corrected chi connectivity index (χ1v) is 6.84. The minimum absolute atomic E-state index is 0.0244. The van der Waals surface area contributed by atoms with E-state index in [0.717, 1.165) is 26.2 Å². The van der Waals surface area contributed by atoms with Crippen LogP contribution in [0.5, 0.6) is 0 Å². The molecule has 2 aliphatic heterocycles. The van der Waals surface area contributed by atoms with Gasteiger partial charge in [-0.05, 0) is 25.2 Å². The molecule has 4 unspecified atom stereocenters. The van der Waals surface area contributed by atoms with Crippen LogP contribution in [0.15, 0.2) is 0 Å². The third-order valence-electron chi connectivity index (χ3n) is 4.22. The summed E-state index contributed by atoms with van der Waals surface area (Å²) in [5, 5.41) is 6.59. The van der Waals surface area contributed by atoms with Crippen molar-refractivity contribution in [3.63, 3.8) is 0 Å². The van der Waals surface area contributed by atoms with Gasteiger partial charge in [0.1, 0.15) is 0 Å². The molecule has 4 nitrogen and oxygen atoms in total. The molecular weight excluding hydrogens is 214 g/mol. The Hall–Kier alpha value is -0.610. The van der Waals surface area contributed by atoms with Crippen molar-refractivity contribution in [3.05, 3.63) is 0 Å². The molecule has 0 aromatic heterocycles. The number of carbonyl (C=O) groups excluding carboxylic acids is 1. The number of piperazine rings is 1. The van der Waals surface area contributed by atoms with Crippen LogP contribution in [0.25, 0.3) is 0 Å². The first-order valence-electron chi connectivity index (χ1n) is 6.84. The van der Waals surface area contributed by atoms with Gasteiger partial charge < -0.3 is 15.5 Å². The largest absolute Gasteiger partial charge is 0.338 e. The zero-order valence-electron chi connectivity index (χ0n) is 11.2. The summed E-state index contributed by atoms with van der Waals surface area (Å²) in [6.07, 6.45) is 1.24. The standard InChI is InChI=1S/C13H25N3O/c1-9-6-10(2)11(3)16(8-9)13(17)12-7-14-4-5-15-12/h9-12,14-15H,4-8H2,1-3H3. The Morgan fingerprint density at radius 1 is 1.24 bits per heavy atom. The molecule has 2 N–H and O–H groups in total. The molecule has 0 aromatic carbocycles. The third-order valence-corrected chi connectivity index (χ3v) is 4.22. The minimum Gasteiger partial charge on any atom is -0.338 e. The molecule has 0 bridgehead atoms. The van der Waals surface area contributed by atoms with Gasteiger partial charge in [0, 0.05) is 32.2 Å². The Balaban J connectivity index is 2.01. The zero-order chi connectivity index (χ0) is 12.4. The number of nitrogens with one attached hydrogen (secondary N) is 2. The third kappa shape index (κ3) is 2.80. The lowest BCUT2D eigenvalue weighted by Crippen LogP contribution is -2.60. The summed E-state index contributed by atoms with van der Waals surface area (Å²) in [4.78, 5) is 14.6. The van der Waals surface area contributed by atoms with Crippen LogP contribution in [0.3, 0.4) is 0 Å². The Labute approximate surface area is 104 Å². The summed E-state index contributed by atoms with van der Waals surface area (Å²) in [6, 6.07) is 0.353. The molecule has 0 aromatic rings. The number of hydrogen-bond donors (Lipinski definition) is 2. The number of carbonyl (C=O) groups is 1. The fraction of sp³-hybridized carbons (Fsp3) is 0.923. The average molecular weight is 239 g/mol. The van der Waals surface area contributed by atoms with Gasteiger partial charge in [0.25, 0.3) is 0 Å². The van der Waals surface area contributed by atoms with Gasteiger partial charge in [-0.3, -0.25) is 4.79 Å². The van der Waals surface area contributed by atoms with E-state index in [1.54, 1.807) is 0 Å². The molecule has 0 saturated carbocycles. The fourth-order valence-corrected chi connectivity index (χ4v) is 3.03.